The number of carbonyl (C=O) groups excluding carboxylic acids is 1. The molecule has 0 saturated carbocycles. The third-order valence-electron chi connectivity index (χ3n) is 5.09. The third kappa shape index (κ3) is 5.11. The van der Waals surface area contributed by atoms with Gasteiger partial charge < -0.3 is 10.1 Å². The molecule has 28 heavy (non-hydrogen) atoms. The summed E-state index contributed by atoms with van der Waals surface area (Å²) in [6.07, 6.45) is 1.73. The van der Waals surface area contributed by atoms with Crippen LogP contribution in [0.2, 0.25) is 0 Å². The van der Waals surface area contributed by atoms with E-state index in [1.807, 2.05) is 0 Å². The van der Waals surface area contributed by atoms with E-state index in [4.69, 9.17) is 4.74 Å². The lowest BCUT2D eigenvalue weighted by atomic mass is 10.2. The quantitative estimate of drug-likeness (QED) is 0.681. The molecule has 0 aliphatic carbocycles. The van der Waals surface area contributed by atoms with Crippen LogP contribution >= 0.6 is 0 Å². The predicted octanol–water partition coefficient (Wildman–Crippen LogP) is 0.680. The fourth-order valence-electron chi connectivity index (χ4n) is 3.58. The second kappa shape index (κ2) is 8.48. The lowest BCUT2D eigenvalue weighted by molar-refractivity contribution is -0.119. The molecule has 2 atom stereocenters. The standard InChI is InChI=1S/C18H26N2O6S2/c1-14(21)19-11-15-4-6-18(7-5-15)28(24,25)20(12-17-3-2-9-26-17)16-8-10-27(22,23)13-16/h4-7,16-17H,2-3,8-13H2,1H3,(H,19,21)/t16-,17-/m0/s1. The van der Waals surface area contributed by atoms with Crippen molar-refractivity contribution in [1.82, 2.24) is 9.62 Å². The molecule has 0 radical (unpaired) electrons. The number of rotatable bonds is 7. The number of sulfonamides is 1. The highest BCUT2D eigenvalue weighted by Crippen LogP contribution is 2.27. The van der Waals surface area contributed by atoms with Crippen LogP contribution in [-0.2, 0) is 35.9 Å². The zero-order chi connectivity index (χ0) is 20.4. The Hall–Kier alpha value is -1.49. The fraction of sp³-hybridized carbons (Fsp3) is 0.611. The number of amides is 1. The van der Waals surface area contributed by atoms with Gasteiger partial charge in [-0.2, -0.15) is 4.31 Å². The van der Waals surface area contributed by atoms with Gasteiger partial charge in [-0.05, 0) is 37.0 Å². The summed E-state index contributed by atoms with van der Waals surface area (Å²) < 4.78 is 57.4. The van der Waals surface area contributed by atoms with E-state index in [0.717, 1.165) is 18.4 Å². The number of sulfone groups is 1. The van der Waals surface area contributed by atoms with Crippen molar-refractivity contribution in [3.8, 4) is 0 Å². The topological polar surface area (TPSA) is 110 Å². The molecule has 0 aromatic heterocycles. The van der Waals surface area contributed by atoms with Crippen molar-refractivity contribution >= 4 is 25.8 Å². The molecule has 2 fully saturated rings. The van der Waals surface area contributed by atoms with E-state index in [-0.39, 0.29) is 35.0 Å². The van der Waals surface area contributed by atoms with Crippen molar-refractivity contribution in [3.05, 3.63) is 29.8 Å². The van der Waals surface area contributed by atoms with Crippen LogP contribution in [0.25, 0.3) is 0 Å². The SMILES string of the molecule is CC(=O)NCc1ccc(S(=O)(=O)N(C[C@@H]2CCCO2)[C@H]2CCS(=O)(=O)C2)cc1. The number of benzene rings is 1. The Morgan fingerprint density at radius 2 is 1.96 bits per heavy atom. The largest absolute Gasteiger partial charge is 0.377 e. The van der Waals surface area contributed by atoms with Gasteiger partial charge in [-0.1, -0.05) is 12.1 Å². The summed E-state index contributed by atoms with van der Waals surface area (Å²) in [4.78, 5) is 11.1. The summed E-state index contributed by atoms with van der Waals surface area (Å²) >= 11 is 0. The van der Waals surface area contributed by atoms with E-state index in [0.29, 0.717) is 19.6 Å². The van der Waals surface area contributed by atoms with Gasteiger partial charge in [0.1, 0.15) is 0 Å². The summed E-state index contributed by atoms with van der Waals surface area (Å²) in [5.74, 6) is -0.313. The minimum atomic E-state index is -3.87. The van der Waals surface area contributed by atoms with E-state index < -0.39 is 25.9 Å². The average molecular weight is 431 g/mol. The molecular formula is C18H26N2O6S2. The molecule has 10 heteroatoms. The van der Waals surface area contributed by atoms with Crippen molar-refractivity contribution in [2.45, 2.75) is 49.8 Å². The highest BCUT2D eigenvalue weighted by Gasteiger charge is 2.40. The summed E-state index contributed by atoms with van der Waals surface area (Å²) in [5, 5.41) is 2.66. The first kappa shape index (κ1) is 21.2. The van der Waals surface area contributed by atoms with Crippen LogP contribution in [-0.4, -0.2) is 63.9 Å². The Bertz CT molecular complexity index is 906. The molecule has 2 saturated heterocycles. The Morgan fingerprint density at radius 1 is 1.25 bits per heavy atom. The minimum Gasteiger partial charge on any atom is -0.377 e. The maximum atomic E-state index is 13.3. The van der Waals surface area contributed by atoms with Crippen LogP contribution in [0.15, 0.2) is 29.2 Å². The zero-order valence-electron chi connectivity index (χ0n) is 15.8. The van der Waals surface area contributed by atoms with Crippen LogP contribution in [0.3, 0.4) is 0 Å². The molecule has 1 amide bonds. The highest BCUT2D eigenvalue weighted by atomic mass is 32.2. The van der Waals surface area contributed by atoms with E-state index in [1.165, 1.54) is 23.4 Å². The van der Waals surface area contributed by atoms with Gasteiger partial charge in [0.05, 0.1) is 22.5 Å². The van der Waals surface area contributed by atoms with Gasteiger partial charge in [0.15, 0.2) is 9.84 Å². The summed E-state index contributed by atoms with van der Waals surface area (Å²) in [6, 6.07) is 5.73. The molecule has 1 aromatic carbocycles. The molecule has 8 nitrogen and oxygen atoms in total. The zero-order valence-corrected chi connectivity index (χ0v) is 17.5. The Labute approximate surface area is 166 Å². The molecule has 3 rings (SSSR count). The molecule has 1 aromatic rings. The summed E-state index contributed by atoms with van der Waals surface area (Å²) in [6.45, 7) is 2.49. The van der Waals surface area contributed by atoms with Gasteiger partial charge in [-0.15, -0.1) is 0 Å². The normalized spacial score (nSPS) is 24.5. The van der Waals surface area contributed by atoms with Crippen LogP contribution in [0.5, 0.6) is 0 Å². The molecule has 0 bridgehead atoms. The predicted molar refractivity (Wildman–Crippen MR) is 104 cm³/mol. The lowest BCUT2D eigenvalue weighted by Gasteiger charge is -2.29. The van der Waals surface area contributed by atoms with Crippen molar-refractivity contribution in [1.29, 1.82) is 0 Å². The van der Waals surface area contributed by atoms with Crippen molar-refractivity contribution in [2.75, 3.05) is 24.7 Å². The lowest BCUT2D eigenvalue weighted by Crippen LogP contribution is -2.45. The minimum absolute atomic E-state index is 0.00483. The monoisotopic (exact) mass is 430 g/mol. The molecule has 0 spiro atoms. The summed E-state index contributed by atoms with van der Waals surface area (Å²) in [7, 11) is -7.09. The van der Waals surface area contributed by atoms with Gasteiger partial charge in [0.2, 0.25) is 15.9 Å². The first-order chi connectivity index (χ1) is 13.2. The molecule has 0 unspecified atom stereocenters. The van der Waals surface area contributed by atoms with Gasteiger partial charge in [-0.3, -0.25) is 4.79 Å². The maximum absolute atomic E-state index is 13.3. The van der Waals surface area contributed by atoms with Crippen molar-refractivity contribution in [2.24, 2.45) is 0 Å². The maximum Gasteiger partial charge on any atom is 0.243 e. The van der Waals surface area contributed by atoms with Crippen LogP contribution in [0, 0.1) is 0 Å². The van der Waals surface area contributed by atoms with Crippen LogP contribution in [0.4, 0.5) is 0 Å². The number of ether oxygens (including phenoxy) is 1. The fourth-order valence-corrected chi connectivity index (χ4v) is 7.09. The van der Waals surface area contributed by atoms with Gasteiger partial charge in [0, 0.05) is 32.7 Å². The molecule has 2 aliphatic heterocycles. The van der Waals surface area contributed by atoms with Gasteiger partial charge in [-0.25, -0.2) is 16.8 Å². The average Bonchev–Trinajstić information content (AvgIpc) is 3.27. The Kier molecular flexibility index (Phi) is 6.43. The molecule has 2 heterocycles. The first-order valence-electron chi connectivity index (χ1n) is 9.35. The van der Waals surface area contributed by atoms with Gasteiger partial charge in [0.25, 0.3) is 0 Å². The highest BCUT2D eigenvalue weighted by molar-refractivity contribution is 7.92. The number of hydrogen-bond donors (Lipinski definition) is 1. The van der Waals surface area contributed by atoms with Crippen LogP contribution < -0.4 is 5.32 Å². The van der Waals surface area contributed by atoms with E-state index in [2.05, 4.69) is 5.32 Å². The molecule has 1 N–H and O–H groups in total. The number of hydrogen-bond acceptors (Lipinski definition) is 6. The smallest absolute Gasteiger partial charge is 0.243 e. The molecular weight excluding hydrogens is 404 g/mol. The first-order valence-corrected chi connectivity index (χ1v) is 12.6. The third-order valence-corrected chi connectivity index (χ3v) is 8.78. The molecule has 2 aliphatic rings. The Balaban J connectivity index is 1.83. The van der Waals surface area contributed by atoms with E-state index in [1.54, 1.807) is 12.1 Å². The second-order valence-corrected chi connectivity index (χ2v) is 11.4. The number of nitrogens with zero attached hydrogens (tertiary/aromatic N) is 1. The number of nitrogens with one attached hydrogen (secondary N) is 1. The van der Waals surface area contributed by atoms with Crippen molar-refractivity contribution in [3.63, 3.8) is 0 Å². The van der Waals surface area contributed by atoms with Crippen LogP contribution in [0.1, 0.15) is 31.7 Å². The van der Waals surface area contributed by atoms with Gasteiger partial charge >= 0.3 is 0 Å². The Morgan fingerprint density at radius 3 is 2.50 bits per heavy atom. The number of carbonyl (C=O) groups is 1. The molecule has 156 valence electrons. The van der Waals surface area contributed by atoms with E-state index in [9.17, 15) is 21.6 Å². The second-order valence-electron chi connectivity index (χ2n) is 7.32. The summed E-state index contributed by atoms with van der Waals surface area (Å²) in [5.41, 5.74) is 0.781. The van der Waals surface area contributed by atoms with E-state index >= 15 is 0 Å². The van der Waals surface area contributed by atoms with Crippen molar-refractivity contribution < 1.29 is 26.4 Å².